The van der Waals surface area contributed by atoms with Crippen LogP contribution >= 0.6 is 0 Å². The molecule has 0 aliphatic heterocycles. The highest BCUT2D eigenvalue weighted by Crippen LogP contribution is 2.15. The maximum atomic E-state index is 4.30. The van der Waals surface area contributed by atoms with E-state index in [1.165, 1.54) is 0 Å². The largest absolute Gasteiger partial charge is 0.363 e. The standard InChI is InChI=1S/C11H12N4/c1-15(2)10-5-4-9(8-14-10)11-12-6-3-7-13-11/h3-8H,1-2H3. The van der Waals surface area contributed by atoms with Crippen LogP contribution in [-0.2, 0) is 0 Å². The van der Waals surface area contributed by atoms with Gasteiger partial charge in [0.2, 0.25) is 0 Å². The van der Waals surface area contributed by atoms with Crippen molar-refractivity contribution in [2.75, 3.05) is 19.0 Å². The molecule has 0 saturated carbocycles. The predicted octanol–water partition coefficient (Wildman–Crippen LogP) is 1.60. The first-order valence-corrected chi connectivity index (χ1v) is 4.68. The van der Waals surface area contributed by atoms with E-state index < -0.39 is 0 Å². The Bertz CT molecular complexity index is 422. The molecule has 0 radical (unpaired) electrons. The molecule has 0 N–H and O–H groups in total. The third-order valence-corrected chi connectivity index (χ3v) is 2.03. The molecule has 2 aromatic rings. The highest BCUT2D eigenvalue weighted by atomic mass is 15.1. The number of anilines is 1. The molecule has 0 aliphatic rings. The number of pyridine rings is 1. The summed E-state index contributed by atoms with van der Waals surface area (Å²) in [7, 11) is 3.92. The van der Waals surface area contributed by atoms with E-state index in [4.69, 9.17) is 0 Å². The normalized spacial score (nSPS) is 10.0. The molecule has 0 fully saturated rings. The number of hydrogen-bond donors (Lipinski definition) is 0. The van der Waals surface area contributed by atoms with Crippen LogP contribution in [0, 0.1) is 0 Å². The first-order chi connectivity index (χ1) is 7.27. The predicted molar refractivity (Wildman–Crippen MR) is 59.6 cm³/mol. The first kappa shape index (κ1) is 9.58. The lowest BCUT2D eigenvalue weighted by molar-refractivity contribution is 1.06. The zero-order valence-electron chi connectivity index (χ0n) is 8.75. The second-order valence-electron chi connectivity index (χ2n) is 3.37. The molecule has 0 aliphatic carbocycles. The van der Waals surface area contributed by atoms with Gasteiger partial charge in [0.1, 0.15) is 5.82 Å². The number of rotatable bonds is 2. The summed E-state index contributed by atoms with van der Waals surface area (Å²) in [5.41, 5.74) is 0.932. The van der Waals surface area contributed by atoms with Crippen LogP contribution in [0.2, 0.25) is 0 Å². The molecular formula is C11H12N4. The van der Waals surface area contributed by atoms with Crippen molar-refractivity contribution in [2.24, 2.45) is 0 Å². The third-order valence-electron chi connectivity index (χ3n) is 2.03. The molecule has 2 rings (SSSR count). The van der Waals surface area contributed by atoms with Gasteiger partial charge < -0.3 is 4.90 Å². The Labute approximate surface area is 88.6 Å². The topological polar surface area (TPSA) is 41.9 Å². The molecule has 0 bridgehead atoms. The highest BCUT2D eigenvalue weighted by Gasteiger charge is 2.01. The Hall–Kier alpha value is -1.97. The van der Waals surface area contributed by atoms with Gasteiger partial charge in [-0.3, -0.25) is 0 Å². The molecule has 4 heteroatoms. The van der Waals surface area contributed by atoms with Crippen molar-refractivity contribution in [3.8, 4) is 11.4 Å². The molecule has 0 atom stereocenters. The van der Waals surface area contributed by atoms with Gasteiger partial charge in [-0.15, -0.1) is 0 Å². The van der Waals surface area contributed by atoms with E-state index in [0.29, 0.717) is 5.82 Å². The summed E-state index contributed by atoms with van der Waals surface area (Å²) in [6.07, 6.45) is 5.23. The van der Waals surface area contributed by atoms with Crippen molar-refractivity contribution < 1.29 is 0 Å². The van der Waals surface area contributed by atoms with Crippen LogP contribution < -0.4 is 4.90 Å². The van der Waals surface area contributed by atoms with Crippen LogP contribution in [0.25, 0.3) is 11.4 Å². The number of aromatic nitrogens is 3. The number of hydrogen-bond acceptors (Lipinski definition) is 4. The van der Waals surface area contributed by atoms with Crippen LogP contribution in [0.5, 0.6) is 0 Å². The lowest BCUT2D eigenvalue weighted by Gasteiger charge is -2.10. The summed E-state index contributed by atoms with van der Waals surface area (Å²) in [6, 6.07) is 5.72. The molecular weight excluding hydrogens is 188 g/mol. The summed E-state index contributed by atoms with van der Waals surface area (Å²) in [4.78, 5) is 14.6. The van der Waals surface area contributed by atoms with Gasteiger partial charge in [-0.05, 0) is 18.2 Å². The summed E-state index contributed by atoms with van der Waals surface area (Å²) in [6.45, 7) is 0. The zero-order chi connectivity index (χ0) is 10.7. The average molecular weight is 200 g/mol. The molecule has 2 aromatic heterocycles. The van der Waals surface area contributed by atoms with E-state index in [-0.39, 0.29) is 0 Å². The summed E-state index contributed by atoms with van der Waals surface area (Å²) in [5, 5.41) is 0. The molecule has 0 spiro atoms. The maximum absolute atomic E-state index is 4.30. The van der Waals surface area contributed by atoms with E-state index >= 15 is 0 Å². The maximum Gasteiger partial charge on any atom is 0.160 e. The molecule has 0 saturated heterocycles. The van der Waals surface area contributed by atoms with Crippen LogP contribution in [0.1, 0.15) is 0 Å². The lowest BCUT2D eigenvalue weighted by Crippen LogP contribution is -2.10. The molecule has 0 aromatic carbocycles. The van der Waals surface area contributed by atoms with Crippen LogP contribution in [0.15, 0.2) is 36.8 Å². The highest BCUT2D eigenvalue weighted by molar-refractivity contribution is 5.55. The minimum absolute atomic E-state index is 0.704. The average Bonchev–Trinajstić information content (AvgIpc) is 2.30. The Morgan fingerprint density at radius 2 is 1.73 bits per heavy atom. The van der Waals surface area contributed by atoms with Crippen molar-refractivity contribution in [1.82, 2.24) is 15.0 Å². The Balaban J connectivity index is 2.32. The zero-order valence-corrected chi connectivity index (χ0v) is 8.75. The fourth-order valence-electron chi connectivity index (χ4n) is 1.23. The van der Waals surface area contributed by atoms with E-state index in [0.717, 1.165) is 11.4 Å². The van der Waals surface area contributed by atoms with Crippen molar-refractivity contribution in [3.05, 3.63) is 36.8 Å². The Kier molecular flexibility index (Phi) is 2.58. The van der Waals surface area contributed by atoms with Gasteiger partial charge in [-0.2, -0.15) is 0 Å². The van der Waals surface area contributed by atoms with Gasteiger partial charge >= 0.3 is 0 Å². The third kappa shape index (κ3) is 2.10. The van der Waals surface area contributed by atoms with Gasteiger partial charge in [0, 0.05) is 38.2 Å². The van der Waals surface area contributed by atoms with Crippen molar-refractivity contribution in [3.63, 3.8) is 0 Å². The molecule has 15 heavy (non-hydrogen) atoms. The minimum Gasteiger partial charge on any atom is -0.363 e. The quantitative estimate of drug-likeness (QED) is 0.738. The van der Waals surface area contributed by atoms with Crippen LogP contribution in [-0.4, -0.2) is 29.0 Å². The fourth-order valence-corrected chi connectivity index (χ4v) is 1.23. The van der Waals surface area contributed by atoms with E-state index in [2.05, 4.69) is 15.0 Å². The van der Waals surface area contributed by atoms with Crippen molar-refractivity contribution >= 4 is 5.82 Å². The Morgan fingerprint density at radius 1 is 1.00 bits per heavy atom. The van der Waals surface area contributed by atoms with E-state index in [1.807, 2.05) is 31.1 Å². The van der Waals surface area contributed by atoms with Crippen LogP contribution in [0.4, 0.5) is 5.82 Å². The smallest absolute Gasteiger partial charge is 0.160 e. The second kappa shape index (κ2) is 4.04. The lowest BCUT2D eigenvalue weighted by atomic mass is 10.2. The molecule has 4 nitrogen and oxygen atoms in total. The van der Waals surface area contributed by atoms with E-state index in [9.17, 15) is 0 Å². The monoisotopic (exact) mass is 200 g/mol. The Morgan fingerprint density at radius 3 is 2.27 bits per heavy atom. The molecule has 0 unspecified atom stereocenters. The SMILES string of the molecule is CN(C)c1ccc(-c2ncccn2)cn1. The van der Waals surface area contributed by atoms with Gasteiger partial charge in [0.05, 0.1) is 0 Å². The molecule has 2 heterocycles. The van der Waals surface area contributed by atoms with Gasteiger partial charge in [-0.1, -0.05) is 0 Å². The van der Waals surface area contributed by atoms with Gasteiger partial charge in [-0.25, -0.2) is 15.0 Å². The van der Waals surface area contributed by atoms with E-state index in [1.54, 1.807) is 24.7 Å². The fraction of sp³-hybridized carbons (Fsp3) is 0.182. The summed E-state index contributed by atoms with van der Waals surface area (Å²) in [5.74, 6) is 1.63. The van der Waals surface area contributed by atoms with Crippen molar-refractivity contribution in [2.45, 2.75) is 0 Å². The first-order valence-electron chi connectivity index (χ1n) is 4.68. The van der Waals surface area contributed by atoms with Gasteiger partial charge in [0.15, 0.2) is 5.82 Å². The second-order valence-corrected chi connectivity index (χ2v) is 3.37. The molecule has 0 amide bonds. The summed E-state index contributed by atoms with van der Waals surface area (Å²) >= 11 is 0. The summed E-state index contributed by atoms with van der Waals surface area (Å²) < 4.78 is 0. The minimum atomic E-state index is 0.704. The van der Waals surface area contributed by atoms with Crippen LogP contribution in [0.3, 0.4) is 0 Å². The van der Waals surface area contributed by atoms with Crippen molar-refractivity contribution in [1.29, 1.82) is 0 Å². The molecule has 76 valence electrons. The number of nitrogens with zero attached hydrogens (tertiary/aromatic N) is 4. The van der Waals surface area contributed by atoms with Gasteiger partial charge in [0.25, 0.3) is 0 Å².